The summed E-state index contributed by atoms with van der Waals surface area (Å²) in [6.07, 6.45) is 0.0246. The predicted octanol–water partition coefficient (Wildman–Crippen LogP) is 3.42. The lowest BCUT2D eigenvalue weighted by molar-refractivity contribution is -0.223. The lowest BCUT2D eigenvalue weighted by atomic mass is 9.81. The Kier molecular flexibility index (Phi) is 3.98. The minimum Gasteiger partial charge on any atom is -0.379 e. The van der Waals surface area contributed by atoms with E-state index in [4.69, 9.17) is 0 Å². The van der Waals surface area contributed by atoms with Gasteiger partial charge in [0, 0.05) is 13.1 Å². The van der Waals surface area contributed by atoms with Gasteiger partial charge in [0.2, 0.25) is 0 Å². The Hall–Kier alpha value is -1.78. The van der Waals surface area contributed by atoms with E-state index in [0.29, 0.717) is 18.7 Å². The number of likely N-dealkylation sites (tertiary alicyclic amines) is 1. The molecule has 0 saturated carbocycles. The van der Waals surface area contributed by atoms with Gasteiger partial charge in [-0.3, -0.25) is 4.90 Å². The van der Waals surface area contributed by atoms with Crippen LogP contribution in [0.4, 0.5) is 8.78 Å². The summed E-state index contributed by atoms with van der Waals surface area (Å²) in [5.74, 6) is -3.18. The highest BCUT2D eigenvalue weighted by Gasteiger charge is 2.56. The molecule has 22 heavy (non-hydrogen) atoms. The van der Waals surface area contributed by atoms with Crippen molar-refractivity contribution in [1.82, 2.24) is 4.90 Å². The minimum absolute atomic E-state index is 0.0246. The monoisotopic (exact) mass is 303 g/mol. The summed E-state index contributed by atoms with van der Waals surface area (Å²) in [7, 11) is 0. The Morgan fingerprint density at radius 2 is 1.55 bits per heavy atom. The summed E-state index contributed by atoms with van der Waals surface area (Å²) in [5, 5.41) is 10.6. The van der Waals surface area contributed by atoms with Gasteiger partial charge in [0.15, 0.2) is 5.60 Å². The summed E-state index contributed by atoms with van der Waals surface area (Å²) < 4.78 is 29.2. The van der Waals surface area contributed by atoms with Crippen molar-refractivity contribution >= 4 is 0 Å². The molecule has 0 spiro atoms. The number of piperidine rings is 1. The Balaban J connectivity index is 1.77. The maximum Gasteiger partial charge on any atom is 0.292 e. The first-order valence-corrected chi connectivity index (χ1v) is 7.43. The van der Waals surface area contributed by atoms with Crippen LogP contribution in [0.3, 0.4) is 0 Å². The third kappa shape index (κ3) is 2.76. The molecule has 116 valence electrons. The molecular formula is C18H19F2NO. The van der Waals surface area contributed by atoms with Crippen molar-refractivity contribution in [2.24, 2.45) is 0 Å². The van der Waals surface area contributed by atoms with Crippen LogP contribution in [-0.4, -0.2) is 29.0 Å². The molecule has 0 bridgehead atoms. The molecule has 0 radical (unpaired) electrons. The Morgan fingerprint density at radius 3 is 2.14 bits per heavy atom. The van der Waals surface area contributed by atoms with Gasteiger partial charge in [-0.05, 0) is 17.5 Å². The van der Waals surface area contributed by atoms with Gasteiger partial charge in [-0.25, -0.2) is 8.78 Å². The topological polar surface area (TPSA) is 23.5 Å². The third-order valence-electron chi connectivity index (χ3n) is 4.32. The molecule has 0 aliphatic carbocycles. The van der Waals surface area contributed by atoms with E-state index in [1.807, 2.05) is 30.3 Å². The molecule has 0 aromatic heterocycles. The first-order chi connectivity index (χ1) is 10.5. The number of nitrogens with zero attached hydrogens (tertiary/aromatic N) is 1. The van der Waals surface area contributed by atoms with Crippen LogP contribution >= 0.6 is 0 Å². The van der Waals surface area contributed by atoms with Gasteiger partial charge in [0.05, 0.1) is 6.54 Å². The Labute approximate surface area is 129 Å². The summed E-state index contributed by atoms with van der Waals surface area (Å²) >= 11 is 0. The number of halogens is 2. The number of rotatable bonds is 3. The second-order valence-electron chi connectivity index (χ2n) is 5.88. The maximum absolute atomic E-state index is 14.6. The van der Waals surface area contributed by atoms with Crippen molar-refractivity contribution in [1.29, 1.82) is 0 Å². The fourth-order valence-corrected chi connectivity index (χ4v) is 3.04. The van der Waals surface area contributed by atoms with E-state index in [9.17, 15) is 13.9 Å². The first kappa shape index (κ1) is 15.1. The van der Waals surface area contributed by atoms with Crippen LogP contribution < -0.4 is 0 Å². The Morgan fingerprint density at radius 1 is 0.955 bits per heavy atom. The van der Waals surface area contributed by atoms with Crippen molar-refractivity contribution in [2.75, 3.05) is 13.1 Å². The summed E-state index contributed by atoms with van der Waals surface area (Å²) in [6.45, 7) is 0.477. The number of hydrogen-bond acceptors (Lipinski definition) is 2. The molecule has 4 heteroatoms. The zero-order valence-electron chi connectivity index (χ0n) is 12.3. The summed E-state index contributed by atoms with van der Waals surface area (Å²) in [5.41, 5.74) is -0.788. The highest BCUT2D eigenvalue weighted by molar-refractivity contribution is 5.26. The van der Waals surface area contributed by atoms with E-state index < -0.39 is 18.1 Å². The number of alkyl halides is 2. The fraction of sp³-hybridized carbons (Fsp3) is 0.333. The van der Waals surface area contributed by atoms with Crippen LogP contribution in [0.5, 0.6) is 0 Å². The zero-order valence-corrected chi connectivity index (χ0v) is 12.3. The largest absolute Gasteiger partial charge is 0.379 e. The molecule has 3 rings (SSSR count). The molecule has 2 aromatic carbocycles. The maximum atomic E-state index is 14.6. The Bertz CT molecular complexity index is 617. The average Bonchev–Trinajstić information content (AvgIpc) is 2.53. The van der Waals surface area contributed by atoms with Crippen LogP contribution in [0.25, 0.3) is 0 Å². The van der Waals surface area contributed by atoms with Crippen LogP contribution in [0.2, 0.25) is 0 Å². The highest BCUT2D eigenvalue weighted by Crippen LogP contribution is 2.44. The molecular weight excluding hydrogens is 284 g/mol. The van der Waals surface area contributed by atoms with E-state index in [1.54, 1.807) is 35.2 Å². The van der Waals surface area contributed by atoms with Crippen LogP contribution in [0, 0.1) is 0 Å². The first-order valence-electron chi connectivity index (χ1n) is 7.43. The lowest BCUT2D eigenvalue weighted by Gasteiger charge is -2.44. The molecule has 0 unspecified atom stereocenters. The van der Waals surface area contributed by atoms with Crippen molar-refractivity contribution < 1.29 is 13.9 Å². The van der Waals surface area contributed by atoms with Crippen molar-refractivity contribution in [2.45, 2.75) is 24.5 Å². The van der Waals surface area contributed by atoms with Gasteiger partial charge in [0.1, 0.15) is 0 Å². The summed E-state index contributed by atoms with van der Waals surface area (Å²) in [4.78, 5) is 1.70. The van der Waals surface area contributed by atoms with E-state index in [0.717, 1.165) is 5.56 Å². The van der Waals surface area contributed by atoms with E-state index in [-0.39, 0.29) is 6.42 Å². The fourth-order valence-electron chi connectivity index (χ4n) is 3.04. The molecule has 0 amide bonds. The standard InChI is InChI=1S/C18H19F2NO/c19-18(20)14-21(13-15-7-3-1-4-8-15)12-11-17(18,22)16-9-5-2-6-10-16/h1-10,22H,11-14H2/t17-/m0/s1. The van der Waals surface area contributed by atoms with Gasteiger partial charge < -0.3 is 5.11 Å². The van der Waals surface area contributed by atoms with E-state index in [1.165, 1.54) is 0 Å². The van der Waals surface area contributed by atoms with Gasteiger partial charge in [0.25, 0.3) is 5.92 Å². The van der Waals surface area contributed by atoms with E-state index in [2.05, 4.69) is 0 Å². The number of hydrogen-bond donors (Lipinski definition) is 1. The molecule has 1 heterocycles. The van der Waals surface area contributed by atoms with Gasteiger partial charge in [-0.15, -0.1) is 0 Å². The molecule has 1 atom stereocenters. The van der Waals surface area contributed by atoms with Gasteiger partial charge in [-0.1, -0.05) is 60.7 Å². The van der Waals surface area contributed by atoms with Gasteiger partial charge >= 0.3 is 0 Å². The minimum atomic E-state index is -3.18. The smallest absolute Gasteiger partial charge is 0.292 e. The van der Waals surface area contributed by atoms with Crippen LogP contribution in [0.15, 0.2) is 60.7 Å². The number of aliphatic hydroxyl groups is 1. The molecule has 1 aliphatic heterocycles. The molecule has 1 aliphatic rings. The third-order valence-corrected chi connectivity index (χ3v) is 4.32. The van der Waals surface area contributed by atoms with Crippen molar-refractivity contribution in [3.63, 3.8) is 0 Å². The molecule has 1 N–H and O–H groups in total. The molecule has 2 aromatic rings. The molecule has 1 fully saturated rings. The van der Waals surface area contributed by atoms with Crippen LogP contribution in [0.1, 0.15) is 17.5 Å². The van der Waals surface area contributed by atoms with Crippen LogP contribution in [-0.2, 0) is 12.1 Å². The average molecular weight is 303 g/mol. The molecule has 2 nitrogen and oxygen atoms in total. The lowest BCUT2D eigenvalue weighted by Crippen LogP contribution is -2.58. The van der Waals surface area contributed by atoms with Crippen molar-refractivity contribution in [3.05, 3.63) is 71.8 Å². The van der Waals surface area contributed by atoms with Gasteiger partial charge in [-0.2, -0.15) is 0 Å². The second-order valence-corrected chi connectivity index (χ2v) is 5.88. The SMILES string of the molecule is O[C@]1(c2ccccc2)CCN(Cc2ccccc2)CC1(F)F. The summed E-state index contributed by atoms with van der Waals surface area (Å²) in [6, 6.07) is 17.8. The van der Waals surface area contributed by atoms with E-state index >= 15 is 0 Å². The number of benzene rings is 2. The quantitative estimate of drug-likeness (QED) is 0.939. The zero-order chi connectivity index (χ0) is 15.6. The second kappa shape index (κ2) is 5.78. The molecule has 1 saturated heterocycles. The predicted molar refractivity (Wildman–Crippen MR) is 81.6 cm³/mol. The van der Waals surface area contributed by atoms with Crippen molar-refractivity contribution in [3.8, 4) is 0 Å². The normalized spacial score (nSPS) is 25.0. The highest BCUT2D eigenvalue weighted by atomic mass is 19.3.